The Bertz CT molecular complexity index is 1000. The van der Waals surface area contributed by atoms with Crippen LogP contribution in [-0.4, -0.2) is 40.6 Å². The van der Waals surface area contributed by atoms with E-state index in [2.05, 4.69) is 31.9 Å². The number of hydrogen-bond donors (Lipinski definition) is 0. The maximum atomic E-state index is 14.7. The van der Waals surface area contributed by atoms with Crippen LogP contribution in [0.3, 0.4) is 0 Å². The molecule has 1 aromatic carbocycles. The van der Waals surface area contributed by atoms with Gasteiger partial charge in [-0.1, -0.05) is 12.1 Å². The number of carbonyl (C=O) groups is 1. The van der Waals surface area contributed by atoms with E-state index in [-0.39, 0.29) is 24.0 Å². The van der Waals surface area contributed by atoms with Gasteiger partial charge in [-0.2, -0.15) is 11.3 Å². The molecule has 1 amide bonds. The summed E-state index contributed by atoms with van der Waals surface area (Å²) in [4.78, 5) is 16.7. The third-order valence-corrected chi connectivity index (χ3v) is 6.47. The number of carbonyl (C=O) groups excluding carboxylic acids is 1. The number of para-hydroxylation sites is 1. The van der Waals surface area contributed by atoms with Crippen molar-refractivity contribution in [1.29, 1.82) is 0 Å². The molecule has 3 heterocycles. The third kappa shape index (κ3) is 4.81. The lowest BCUT2D eigenvalue weighted by molar-refractivity contribution is -0.118. The predicted octanol–water partition coefficient (Wildman–Crippen LogP) is 4.59. The van der Waals surface area contributed by atoms with Crippen molar-refractivity contribution in [1.82, 2.24) is 15.1 Å². The van der Waals surface area contributed by atoms with Crippen LogP contribution in [0.15, 0.2) is 45.5 Å². The largest absolute Gasteiger partial charge is 0.423 e. The minimum Gasteiger partial charge on any atom is -0.423 e. The average molecular weight is 465 g/mol. The Kier molecular flexibility index (Phi) is 7.46. The molecule has 0 radical (unpaired) electrons. The Labute approximate surface area is 191 Å². The molecule has 0 N–H and O–H groups in total. The molecule has 1 saturated heterocycles. The molecule has 166 valence electrons. The minimum absolute atomic E-state index is 0. The van der Waals surface area contributed by atoms with Gasteiger partial charge in [0.1, 0.15) is 11.4 Å². The quantitative estimate of drug-likeness (QED) is 0.534. The molecule has 1 aliphatic rings. The summed E-state index contributed by atoms with van der Waals surface area (Å²) in [5.74, 6) is 0.114. The number of aromatic nitrogens is 2. The first-order valence-electron chi connectivity index (χ1n) is 10.1. The van der Waals surface area contributed by atoms with Crippen molar-refractivity contribution in [2.24, 2.45) is 0 Å². The molecule has 4 rings (SSSR count). The number of anilines is 1. The molecule has 0 unspecified atom stereocenters. The van der Waals surface area contributed by atoms with Crippen molar-refractivity contribution in [3.05, 3.63) is 64.3 Å². The lowest BCUT2D eigenvalue weighted by Gasteiger charge is -2.46. The summed E-state index contributed by atoms with van der Waals surface area (Å²) in [5, 5.41) is 12.5. The Morgan fingerprint density at radius 2 is 2.00 bits per heavy atom. The molecule has 0 atom stereocenters. The van der Waals surface area contributed by atoms with Gasteiger partial charge in [-0.3, -0.25) is 9.69 Å². The van der Waals surface area contributed by atoms with Gasteiger partial charge in [0.05, 0.1) is 5.69 Å². The summed E-state index contributed by atoms with van der Waals surface area (Å²) in [7, 11) is 0. The van der Waals surface area contributed by atoms with Crippen molar-refractivity contribution < 1.29 is 13.6 Å². The smallest absolute Gasteiger partial charge is 0.242 e. The number of aryl methyl sites for hydroxylation is 1. The van der Waals surface area contributed by atoms with Crippen LogP contribution in [0, 0.1) is 12.7 Å². The van der Waals surface area contributed by atoms with Crippen LogP contribution in [0.1, 0.15) is 37.1 Å². The summed E-state index contributed by atoms with van der Waals surface area (Å²) >= 11 is 1.71. The highest BCUT2D eigenvalue weighted by molar-refractivity contribution is 7.07. The van der Waals surface area contributed by atoms with Crippen LogP contribution in [0.5, 0.6) is 0 Å². The first-order valence-corrected chi connectivity index (χ1v) is 11.0. The van der Waals surface area contributed by atoms with Gasteiger partial charge >= 0.3 is 0 Å². The first-order chi connectivity index (χ1) is 14.5. The van der Waals surface area contributed by atoms with Crippen LogP contribution in [0.4, 0.5) is 10.1 Å². The fourth-order valence-electron chi connectivity index (χ4n) is 4.22. The van der Waals surface area contributed by atoms with Gasteiger partial charge in [-0.15, -0.1) is 22.6 Å². The Balaban J connectivity index is 0.00000272. The maximum Gasteiger partial charge on any atom is 0.242 e. The topological polar surface area (TPSA) is 62.5 Å². The fraction of sp³-hybridized carbons (Fsp3) is 0.409. The number of benzene rings is 1. The van der Waals surface area contributed by atoms with Crippen LogP contribution in [-0.2, 0) is 16.8 Å². The highest BCUT2D eigenvalue weighted by Gasteiger charge is 2.48. The van der Waals surface area contributed by atoms with Gasteiger partial charge in [0.25, 0.3) is 0 Å². The predicted molar refractivity (Wildman–Crippen MR) is 121 cm³/mol. The maximum absolute atomic E-state index is 14.7. The molecule has 0 saturated carbocycles. The second-order valence-electron chi connectivity index (χ2n) is 7.69. The number of amides is 1. The number of likely N-dealkylation sites (tertiary alicyclic amines) is 1. The second-order valence-corrected chi connectivity index (χ2v) is 8.47. The van der Waals surface area contributed by atoms with Crippen molar-refractivity contribution in [3.63, 3.8) is 0 Å². The van der Waals surface area contributed by atoms with E-state index in [1.165, 1.54) is 23.5 Å². The number of hydrogen-bond acceptors (Lipinski definition) is 6. The summed E-state index contributed by atoms with van der Waals surface area (Å²) in [6.45, 7) is 5.63. The standard InChI is InChI=1S/C22H25FN4O2S.ClH/c1-16-24-25-21(29-16)22(27(17(2)28)20-6-4-3-5-19(20)23)9-12-26(13-10-22)11-7-18-8-14-30-15-18;/h3-6,8,14-15H,7,9-13H2,1-2H3;1H. The third-order valence-electron chi connectivity index (χ3n) is 5.74. The van der Waals surface area contributed by atoms with Crippen molar-refractivity contribution in [2.75, 3.05) is 24.5 Å². The van der Waals surface area contributed by atoms with Crippen LogP contribution >= 0.6 is 23.7 Å². The molecular formula is C22H26ClFN4O2S. The Morgan fingerprint density at radius 3 is 2.58 bits per heavy atom. The first kappa shape index (κ1) is 23.4. The average Bonchev–Trinajstić information content (AvgIpc) is 3.41. The molecule has 6 nitrogen and oxygen atoms in total. The normalized spacial score (nSPS) is 16.0. The van der Waals surface area contributed by atoms with Gasteiger partial charge in [0, 0.05) is 33.5 Å². The van der Waals surface area contributed by atoms with Crippen molar-refractivity contribution >= 4 is 35.3 Å². The van der Waals surface area contributed by atoms with Crippen LogP contribution < -0.4 is 4.90 Å². The Hall–Kier alpha value is -2.29. The zero-order chi connectivity index (χ0) is 21.1. The molecule has 1 aliphatic heterocycles. The van der Waals surface area contributed by atoms with E-state index in [0.717, 1.165) is 26.1 Å². The second kappa shape index (κ2) is 9.89. The number of halogens is 2. The molecule has 3 aromatic rings. The fourth-order valence-corrected chi connectivity index (χ4v) is 4.92. The number of rotatable bonds is 6. The summed E-state index contributed by atoms with van der Waals surface area (Å²) < 4.78 is 20.5. The van der Waals surface area contributed by atoms with Gasteiger partial charge in [-0.05, 0) is 53.8 Å². The molecule has 0 bridgehead atoms. The Morgan fingerprint density at radius 1 is 1.26 bits per heavy atom. The van der Waals surface area contributed by atoms with Gasteiger partial charge < -0.3 is 9.32 Å². The van der Waals surface area contributed by atoms with Crippen LogP contribution in [0.2, 0.25) is 0 Å². The van der Waals surface area contributed by atoms with E-state index in [1.807, 2.05) is 0 Å². The van der Waals surface area contributed by atoms with Gasteiger partial charge in [-0.25, -0.2) is 4.39 Å². The van der Waals surface area contributed by atoms with Gasteiger partial charge in [0.15, 0.2) is 0 Å². The lowest BCUT2D eigenvalue weighted by atomic mass is 9.84. The van der Waals surface area contributed by atoms with E-state index in [0.29, 0.717) is 24.6 Å². The van der Waals surface area contributed by atoms with E-state index >= 15 is 0 Å². The van der Waals surface area contributed by atoms with Crippen molar-refractivity contribution in [2.45, 2.75) is 38.6 Å². The molecule has 2 aromatic heterocycles. The highest BCUT2D eigenvalue weighted by atomic mass is 35.5. The van der Waals surface area contributed by atoms with E-state index in [9.17, 15) is 9.18 Å². The zero-order valence-electron chi connectivity index (χ0n) is 17.6. The summed E-state index contributed by atoms with van der Waals surface area (Å²) in [6, 6.07) is 8.50. The van der Waals surface area contributed by atoms with E-state index < -0.39 is 11.4 Å². The van der Waals surface area contributed by atoms with E-state index in [1.54, 1.807) is 36.5 Å². The highest BCUT2D eigenvalue weighted by Crippen LogP contribution is 2.42. The number of piperidine rings is 1. The molecular weight excluding hydrogens is 439 g/mol. The molecule has 9 heteroatoms. The monoisotopic (exact) mass is 464 g/mol. The van der Waals surface area contributed by atoms with Crippen LogP contribution in [0.25, 0.3) is 0 Å². The number of thiophene rings is 1. The van der Waals surface area contributed by atoms with Crippen molar-refractivity contribution in [3.8, 4) is 0 Å². The minimum atomic E-state index is -0.867. The zero-order valence-corrected chi connectivity index (χ0v) is 19.2. The van der Waals surface area contributed by atoms with Gasteiger partial charge in [0.2, 0.25) is 17.7 Å². The summed E-state index contributed by atoms with van der Waals surface area (Å²) in [5.41, 5.74) is 0.711. The molecule has 31 heavy (non-hydrogen) atoms. The summed E-state index contributed by atoms with van der Waals surface area (Å²) in [6.07, 6.45) is 2.16. The SMILES string of the molecule is CC(=O)N(c1ccccc1F)C1(c2nnc(C)o2)CCN(CCc2ccsc2)CC1.Cl. The number of nitrogens with zero attached hydrogens (tertiary/aromatic N) is 4. The molecule has 1 fully saturated rings. The lowest BCUT2D eigenvalue weighted by Crippen LogP contribution is -2.56. The molecule has 0 spiro atoms. The van der Waals surface area contributed by atoms with E-state index in [4.69, 9.17) is 4.42 Å². The molecule has 0 aliphatic carbocycles.